The average molecular weight is 248 g/mol. The Morgan fingerprint density at radius 2 is 1.94 bits per heavy atom. The first kappa shape index (κ1) is 13.8. The molecule has 0 aromatic heterocycles. The second-order valence-electron chi connectivity index (χ2n) is 3.92. The molecule has 1 aromatic rings. The highest BCUT2D eigenvalue weighted by Gasteiger charge is 2.31. The van der Waals surface area contributed by atoms with Gasteiger partial charge in [0.15, 0.2) is 0 Å². The van der Waals surface area contributed by atoms with Crippen molar-refractivity contribution in [2.75, 3.05) is 25.5 Å². The van der Waals surface area contributed by atoms with E-state index in [2.05, 4.69) is 0 Å². The van der Waals surface area contributed by atoms with Crippen LogP contribution < -0.4 is 10.6 Å². The standard InChI is InChI=1S/C11H15F3N2O/c1-16(2)9-4-3-7(11(12,13)14)5-8(9)10(17)6-15/h3-5,10,17H,6,15H2,1-2H3. The molecule has 0 heterocycles. The lowest BCUT2D eigenvalue weighted by Crippen LogP contribution is -2.19. The molecule has 1 rings (SSSR count). The smallest absolute Gasteiger partial charge is 0.387 e. The third-order valence-electron chi connectivity index (χ3n) is 2.42. The quantitative estimate of drug-likeness (QED) is 0.857. The summed E-state index contributed by atoms with van der Waals surface area (Å²) in [7, 11) is 3.38. The normalized spacial score (nSPS) is 13.6. The zero-order valence-electron chi connectivity index (χ0n) is 9.62. The van der Waals surface area contributed by atoms with Crippen LogP contribution in [0.3, 0.4) is 0 Å². The molecule has 1 aromatic carbocycles. The van der Waals surface area contributed by atoms with Crippen LogP contribution in [0.4, 0.5) is 18.9 Å². The van der Waals surface area contributed by atoms with Gasteiger partial charge in [-0.2, -0.15) is 13.2 Å². The molecule has 3 nitrogen and oxygen atoms in total. The van der Waals surface area contributed by atoms with Crippen molar-refractivity contribution in [1.29, 1.82) is 0 Å². The number of hydrogen-bond donors (Lipinski definition) is 2. The van der Waals surface area contributed by atoms with Crippen molar-refractivity contribution in [3.63, 3.8) is 0 Å². The zero-order valence-corrected chi connectivity index (χ0v) is 9.62. The number of nitrogens with two attached hydrogens (primary N) is 1. The van der Waals surface area contributed by atoms with E-state index in [0.717, 1.165) is 12.1 Å². The Morgan fingerprint density at radius 3 is 2.35 bits per heavy atom. The average Bonchev–Trinajstić information content (AvgIpc) is 2.25. The van der Waals surface area contributed by atoms with Gasteiger partial charge in [0.05, 0.1) is 11.7 Å². The minimum absolute atomic E-state index is 0.123. The molecule has 17 heavy (non-hydrogen) atoms. The molecule has 1 atom stereocenters. The van der Waals surface area contributed by atoms with Crippen molar-refractivity contribution in [2.45, 2.75) is 12.3 Å². The Bertz CT molecular complexity index is 391. The second-order valence-corrected chi connectivity index (χ2v) is 3.92. The maximum Gasteiger partial charge on any atom is 0.416 e. The minimum atomic E-state index is -4.42. The summed E-state index contributed by atoms with van der Waals surface area (Å²) in [6.45, 7) is -0.123. The van der Waals surface area contributed by atoms with E-state index in [1.54, 1.807) is 19.0 Å². The Hall–Kier alpha value is -1.27. The molecule has 0 aliphatic rings. The molecule has 1 unspecified atom stereocenters. The summed E-state index contributed by atoms with van der Waals surface area (Å²) >= 11 is 0. The Balaban J connectivity index is 3.29. The number of halogens is 3. The van der Waals surface area contributed by atoms with E-state index in [1.807, 2.05) is 0 Å². The number of rotatable bonds is 3. The van der Waals surface area contributed by atoms with Gasteiger partial charge in [-0.25, -0.2) is 0 Å². The summed E-state index contributed by atoms with van der Waals surface area (Å²) in [6.07, 6.45) is -5.52. The fourth-order valence-corrected chi connectivity index (χ4v) is 1.53. The highest BCUT2D eigenvalue weighted by molar-refractivity contribution is 5.55. The molecule has 0 amide bonds. The predicted molar refractivity (Wildman–Crippen MR) is 59.8 cm³/mol. The maximum atomic E-state index is 12.5. The zero-order chi connectivity index (χ0) is 13.2. The number of hydrogen-bond acceptors (Lipinski definition) is 3. The van der Waals surface area contributed by atoms with Crippen LogP contribution in [0, 0.1) is 0 Å². The van der Waals surface area contributed by atoms with Crippen molar-refractivity contribution < 1.29 is 18.3 Å². The number of alkyl halides is 3. The third-order valence-corrected chi connectivity index (χ3v) is 2.42. The highest BCUT2D eigenvalue weighted by atomic mass is 19.4. The Kier molecular flexibility index (Phi) is 4.00. The van der Waals surface area contributed by atoms with Gasteiger partial charge in [-0.1, -0.05) is 0 Å². The van der Waals surface area contributed by atoms with Gasteiger partial charge < -0.3 is 15.7 Å². The summed E-state index contributed by atoms with van der Waals surface area (Å²) in [5.74, 6) is 0. The first-order valence-corrected chi connectivity index (χ1v) is 5.04. The molecule has 0 bridgehead atoms. The number of nitrogens with zero attached hydrogens (tertiary/aromatic N) is 1. The van der Waals surface area contributed by atoms with Crippen LogP contribution in [-0.2, 0) is 6.18 Å². The van der Waals surface area contributed by atoms with Crippen LogP contribution >= 0.6 is 0 Å². The van der Waals surface area contributed by atoms with Crippen molar-refractivity contribution in [1.82, 2.24) is 0 Å². The van der Waals surface area contributed by atoms with Crippen molar-refractivity contribution in [3.8, 4) is 0 Å². The van der Waals surface area contributed by atoms with Crippen molar-refractivity contribution in [3.05, 3.63) is 29.3 Å². The Morgan fingerprint density at radius 1 is 1.35 bits per heavy atom. The number of aliphatic hydroxyl groups excluding tert-OH is 1. The van der Waals surface area contributed by atoms with Crippen LogP contribution in [0.5, 0.6) is 0 Å². The molecule has 0 aliphatic heterocycles. The van der Waals surface area contributed by atoms with Gasteiger partial charge in [0, 0.05) is 31.9 Å². The summed E-state index contributed by atoms with van der Waals surface area (Å²) in [5.41, 5.74) is 5.21. The van der Waals surface area contributed by atoms with Gasteiger partial charge in [0.1, 0.15) is 0 Å². The fourth-order valence-electron chi connectivity index (χ4n) is 1.53. The molecule has 0 fully saturated rings. The second kappa shape index (κ2) is 4.93. The highest BCUT2D eigenvalue weighted by Crippen LogP contribution is 2.34. The van der Waals surface area contributed by atoms with E-state index < -0.39 is 17.8 Å². The predicted octanol–water partition coefficient (Wildman–Crippen LogP) is 1.76. The molecule has 0 spiro atoms. The summed E-state index contributed by atoms with van der Waals surface area (Å²) in [4.78, 5) is 1.63. The van der Waals surface area contributed by atoms with Gasteiger partial charge >= 0.3 is 6.18 Å². The molecule has 6 heteroatoms. The maximum absolute atomic E-state index is 12.5. The van der Waals surface area contributed by atoms with Gasteiger partial charge in [-0.3, -0.25) is 0 Å². The van der Waals surface area contributed by atoms with E-state index in [0.29, 0.717) is 5.69 Å². The summed E-state index contributed by atoms with van der Waals surface area (Å²) < 4.78 is 37.6. The first-order chi connectivity index (χ1) is 7.77. The first-order valence-electron chi connectivity index (χ1n) is 5.04. The van der Waals surface area contributed by atoms with E-state index >= 15 is 0 Å². The van der Waals surface area contributed by atoms with Gasteiger partial charge in [-0.15, -0.1) is 0 Å². The Labute approximate surface area is 97.6 Å². The fraction of sp³-hybridized carbons (Fsp3) is 0.455. The monoisotopic (exact) mass is 248 g/mol. The van der Waals surface area contributed by atoms with E-state index in [4.69, 9.17) is 5.73 Å². The molecular formula is C11H15F3N2O. The molecule has 0 saturated heterocycles. The van der Waals surface area contributed by atoms with Crippen LogP contribution in [-0.4, -0.2) is 25.7 Å². The van der Waals surface area contributed by atoms with Gasteiger partial charge in [-0.05, 0) is 18.2 Å². The lowest BCUT2D eigenvalue weighted by atomic mass is 10.0. The van der Waals surface area contributed by atoms with Crippen LogP contribution in [0.1, 0.15) is 17.2 Å². The molecule has 96 valence electrons. The lowest BCUT2D eigenvalue weighted by molar-refractivity contribution is -0.137. The van der Waals surface area contributed by atoms with Crippen molar-refractivity contribution in [2.24, 2.45) is 5.73 Å². The lowest BCUT2D eigenvalue weighted by Gasteiger charge is -2.21. The number of anilines is 1. The third kappa shape index (κ3) is 3.10. The SMILES string of the molecule is CN(C)c1ccc(C(F)(F)F)cc1C(O)CN. The molecule has 3 N–H and O–H groups in total. The summed E-state index contributed by atoms with van der Waals surface area (Å²) in [6, 6.07) is 3.26. The van der Waals surface area contributed by atoms with E-state index in [9.17, 15) is 18.3 Å². The number of aliphatic hydroxyl groups is 1. The molecule has 0 radical (unpaired) electrons. The van der Waals surface area contributed by atoms with Crippen LogP contribution in [0.2, 0.25) is 0 Å². The largest absolute Gasteiger partial charge is 0.416 e. The summed E-state index contributed by atoms with van der Waals surface area (Å²) in [5, 5.41) is 9.63. The topological polar surface area (TPSA) is 49.5 Å². The molecular weight excluding hydrogens is 233 g/mol. The van der Waals surface area contributed by atoms with Crippen LogP contribution in [0.25, 0.3) is 0 Å². The molecule has 0 aliphatic carbocycles. The van der Waals surface area contributed by atoms with Gasteiger partial charge in [0.2, 0.25) is 0 Å². The van der Waals surface area contributed by atoms with E-state index in [1.165, 1.54) is 6.07 Å². The number of benzene rings is 1. The van der Waals surface area contributed by atoms with E-state index in [-0.39, 0.29) is 12.1 Å². The van der Waals surface area contributed by atoms with Gasteiger partial charge in [0.25, 0.3) is 0 Å². The molecule has 0 saturated carbocycles. The van der Waals surface area contributed by atoms with Crippen molar-refractivity contribution >= 4 is 5.69 Å². The van der Waals surface area contributed by atoms with Crippen LogP contribution in [0.15, 0.2) is 18.2 Å². The minimum Gasteiger partial charge on any atom is -0.387 e.